The predicted octanol–water partition coefficient (Wildman–Crippen LogP) is 5.84. The lowest BCUT2D eigenvalue weighted by Crippen LogP contribution is -2.45. The van der Waals surface area contributed by atoms with Crippen molar-refractivity contribution >= 4 is 5.69 Å². The quantitative estimate of drug-likeness (QED) is 0.582. The van der Waals surface area contributed by atoms with Crippen LogP contribution in [0.15, 0.2) is 48.5 Å². The maximum absolute atomic E-state index is 13.7. The van der Waals surface area contributed by atoms with Gasteiger partial charge in [-0.05, 0) is 48.7 Å². The highest BCUT2D eigenvalue weighted by Gasteiger charge is 2.32. The third-order valence-electron chi connectivity index (χ3n) is 4.97. The molecule has 0 amide bonds. The number of piperidine rings is 1. The smallest absolute Gasteiger partial charge is 0.366 e. The molecule has 8 heteroatoms. The van der Waals surface area contributed by atoms with Gasteiger partial charge in [0.1, 0.15) is 5.82 Å². The summed E-state index contributed by atoms with van der Waals surface area (Å²) in [5.74, 6) is -0.559. The van der Waals surface area contributed by atoms with Gasteiger partial charge in [-0.1, -0.05) is 18.2 Å². The number of hydrogen-bond donors (Lipinski definition) is 0. The van der Waals surface area contributed by atoms with Gasteiger partial charge >= 0.3 is 12.8 Å². The van der Waals surface area contributed by atoms with Gasteiger partial charge in [0.2, 0.25) is 0 Å². The van der Waals surface area contributed by atoms with Crippen molar-refractivity contribution in [2.24, 2.45) is 0 Å². The van der Waals surface area contributed by atoms with Crippen molar-refractivity contribution in [3.63, 3.8) is 0 Å². The largest absolute Gasteiger partial charge is 0.416 e. The number of hydrogen-bond acceptors (Lipinski definition) is 2. The molecule has 0 saturated carbocycles. The second-order valence-corrected chi connectivity index (χ2v) is 6.77. The molecule has 0 aromatic heterocycles. The molecule has 1 saturated heterocycles. The average molecular weight is 403 g/mol. The Morgan fingerprint density at radius 2 is 1.75 bits per heavy atom. The molecule has 2 atom stereocenters. The average Bonchev–Trinajstić information content (AvgIpc) is 2.65. The van der Waals surface area contributed by atoms with E-state index >= 15 is 0 Å². The molecule has 0 radical (unpaired) electrons. The zero-order valence-electron chi connectivity index (χ0n) is 14.8. The van der Waals surface area contributed by atoms with Crippen LogP contribution in [0.2, 0.25) is 0 Å². The Labute approximate surface area is 158 Å². The van der Waals surface area contributed by atoms with Crippen molar-refractivity contribution in [2.75, 3.05) is 18.1 Å². The first-order valence-corrected chi connectivity index (χ1v) is 8.83. The summed E-state index contributed by atoms with van der Waals surface area (Å²) in [6.45, 7) is -2.75. The van der Waals surface area contributed by atoms with Crippen molar-refractivity contribution in [3.05, 3.63) is 65.5 Å². The van der Waals surface area contributed by atoms with E-state index in [0.29, 0.717) is 25.1 Å². The fourth-order valence-corrected chi connectivity index (χ4v) is 3.57. The van der Waals surface area contributed by atoms with Crippen LogP contribution in [-0.2, 0) is 10.9 Å². The lowest BCUT2D eigenvalue weighted by molar-refractivity contribution is -0.137. The minimum absolute atomic E-state index is 0.103. The summed E-state index contributed by atoms with van der Waals surface area (Å²) < 4.78 is 81.3. The van der Waals surface area contributed by atoms with Crippen LogP contribution in [0.25, 0.3) is 0 Å². The minimum Gasteiger partial charge on any atom is -0.366 e. The molecule has 3 rings (SSSR count). The number of halogens is 6. The van der Waals surface area contributed by atoms with E-state index in [1.807, 2.05) is 0 Å². The lowest BCUT2D eigenvalue weighted by Gasteiger charge is -2.41. The van der Waals surface area contributed by atoms with Gasteiger partial charge in [-0.25, -0.2) is 4.39 Å². The Bertz CT molecular complexity index is 777. The van der Waals surface area contributed by atoms with E-state index in [0.717, 1.165) is 17.7 Å². The van der Waals surface area contributed by atoms with E-state index in [1.54, 1.807) is 11.0 Å². The number of rotatable bonds is 5. The fourth-order valence-electron chi connectivity index (χ4n) is 3.57. The van der Waals surface area contributed by atoms with E-state index in [9.17, 15) is 26.3 Å². The standard InChI is InChI=1S/C20H19F6NO/c21-16-2-1-3-17(10-16)27-11-14(6-9-18(27)12-28-19(22)23)13-4-7-15(8-5-13)20(24,25)26/h1-5,7-8,10,14,18-19H,6,9,11-12H2/t14-,18+/m1/s1. The monoisotopic (exact) mass is 403 g/mol. The van der Waals surface area contributed by atoms with Crippen molar-refractivity contribution in [1.29, 1.82) is 0 Å². The number of benzene rings is 2. The van der Waals surface area contributed by atoms with Crippen LogP contribution in [0.5, 0.6) is 0 Å². The number of nitrogens with zero attached hydrogens (tertiary/aromatic N) is 1. The van der Waals surface area contributed by atoms with Crippen LogP contribution in [0, 0.1) is 5.82 Å². The molecule has 2 aromatic carbocycles. The van der Waals surface area contributed by atoms with E-state index < -0.39 is 24.2 Å². The zero-order valence-corrected chi connectivity index (χ0v) is 14.8. The van der Waals surface area contributed by atoms with Crippen LogP contribution in [0.4, 0.5) is 32.0 Å². The number of anilines is 1. The summed E-state index contributed by atoms with van der Waals surface area (Å²) in [4.78, 5) is 1.79. The molecule has 0 spiro atoms. The van der Waals surface area contributed by atoms with Gasteiger partial charge in [-0.3, -0.25) is 0 Å². The summed E-state index contributed by atoms with van der Waals surface area (Å²) in [5, 5.41) is 0. The van der Waals surface area contributed by atoms with E-state index in [2.05, 4.69) is 4.74 Å². The third kappa shape index (κ3) is 4.98. The summed E-state index contributed by atoms with van der Waals surface area (Å²) in [6, 6.07) is 10.4. The molecule has 152 valence electrons. The van der Waals surface area contributed by atoms with Gasteiger partial charge in [0.25, 0.3) is 0 Å². The molecule has 1 aliphatic rings. The molecule has 0 unspecified atom stereocenters. The number of alkyl halides is 5. The first-order valence-electron chi connectivity index (χ1n) is 8.83. The summed E-state index contributed by atoms with van der Waals surface area (Å²) in [6.07, 6.45) is -3.31. The molecule has 0 aliphatic carbocycles. The van der Waals surface area contributed by atoms with Crippen LogP contribution in [-0.4, -0.2) is 25.8 Å². The Hall–Kier alpha value is -2.22. The highest BCUT2D eigenvalue weighted by molar-refractivity contribution is 5.49. The highest BCUT2D eigenvalue weighted by Crippen LogP contribution is 2.36. The fraction of sp³-hybridized carbons (Fsp3) is 0.400. The number of ether oxygens (including phenoxy) is 1. The topological polar surface area (TPSA) is 12.5 Å². The molecule has 1 aliphatic heterocycles. The summed E-state index contributed by atoms with van der Waals surface area (Å²) in [7, 11) is 0. The highest BCUT2D eigenvalue weighted by atomic mass is 19.4. The molecule has 0 bridgehead atoms. The van der Waals surface area contributed by atoms with Gasteiger partial charge < -0.3 is 9.64 Å². The van der Waals surface area contributed by atoms with E-state index in [4.69, 9.17) is 0 Å². The van der Waals surface area contributed by atoms with Gasteiger partial charge in [0.05, 0.1) is 18.2 Å². The zero-order chi connectivity index (χ0) is 20.3. The Morgan fingerprint density at radius 3 is 2.36 bits per heavy atom. The van der Waals surface area contributed by atoms with Crippen molar-refractivity contribution < 1.29 is 31.1 Å². The maximum Gasteiger partial charge on any atom is 0.416 e. The SMILES string of the molecule is Fc1cccc(N2C[C@H](c3ccc(C(F)(F)F)cc3)CC[C@H]2COC(F)F)c1. The van der Waals surface area contributed by atoms with Crippen molar-refractivity contribution in [1.82, 2.24) is 0 Å². The second-order valence-electron chi connectivity index (χ2n) is 6.77. The molecule has 2 aromatic rings. The normalized spacial score (nSPS) is 20.6. The molecular formula is C20H19F6NO. The molecule has 1 heterocycles. The van der Waals surface area contributed by atoms with E-state index in [1.165, 1.54) is 30.3 Å². The van der Waals surface area contributed by atoms with Crippen molar-refractivity contribution in [2.45, 2.75) is 37.6 Å². The Kier molecular flexibility index (Phi) is 6.17. The molecule has 2 nitrogen and oxygen atoms in total. The molecular weight excluding hydrogens is 384 g/mol. The molecule has 1 fully saturated rings. The first kappa shape index (κ1) is 20.5. The minimum atomic E-state index is -4.41. The van der Waals surface area contributed by atoms with Crippen LogP contribution in [0.3, 0.4) is 0 Å². The van der Waals surface area contributed by atoms with Crippen LogP contribution < -0.4 is 4.90 Å². The summed E-state index contributed by atoms with van der Waals surface area (Å²) in [5.41, 5.74) is 0.527. The van der Waals surface area contributed by atoms with Crippen LogP contribution >= 0.6 is 0 Å². The maximum atomic E-state index is 13.7. The Morgan fingerprint density at radius 1 is 1.04 bits per heavy atom. The molecule has 0 N–H and O–H groups in total. The van der Waals surface area contributed by atoms with Gasteiger partial charge in [0, 0.05) is 18.2 Å². The van der Waals surface area contributed by atoms with Crippen molar-refractivity contribution in [3.8, 4) is 0 Å². The van der Waals surface area contributed by atoms with E-state index in [-0.39, 0.29) is 18.6 Å². The molecule has 28 heavy (non-hydrogen) atoms. The van der Waals surface area contributed by atoms with Gasteiger partial charge in [-0.2, -0.15) is 22.0 Å². The first-order chi connectivity index (χ1) is 13.2. The lowest BCUT2D eigenvalue weighted by atomic mass is 9.86. The summed E-state index contributed by atoms with van der Waals surface area (Å²) >= 11 is 0. The Balaban J connectivity index is 1.81. The van der Waals surface area contributed by atoms with Gasteiger partial charge in [-0.15, -0.1) is 0 Å². The van der Waals surface area contributed by atoms with Crippen LogP contribution in [0.1, 0.15) is 29.9 Å². The second kappa shape index (κ2) is 8.43. The van der Waals surface area contributed by atoms with Gasteiger partial charge in [0.15, 0.2) is 0 Å². The third-order valence-corrected chi connectivity index (χ3v) is 4.97. The predicted molar refractivity (Wildman–Crippen MR) is 92.9 cm³/mol.